The molecule has 1 aromatic heterocycles. The van der Waals surface area contributed by atoms with Crippen LogP contribution in [0.4, 0.5) is 0 Å². The number of aliphatic hydroxyl groups is 1. The molecule has 3 heterocycles. The number of rotatable bonds is 4. The lowest BCUT2D eigenvalue weighted by Gasteiger charge is -2.57. The molecule has 2 aromatic carbocycles. The van der Waals surface area contributed by atoms with Crippen molar-refractivity contribution in [2.45, 2.75) is 30.8 Å². The average molecular weight is 482 g/mol. The van der Waals surface area contributed by atoms with Gasteiger partial charge in [0.25, 0.3) is 5.91 Å². The number of aromatic nitrogens is 1. The van der Waals surface area contributed by atoms with Crippen LogP contribution in [-0.4, -0.2) is 71.2 Å². The average Bonchev–Trinajstić information content (AvgIpc) is 2.92. The van der Waals surface area contributed by atoms with E-state index in [1.807, 2.05) is 41.3 Å². The van der Waals surface area contributed by atoms with E-state index >= 15 is 0 Å². The number of aliphatic hydroxyl groups excluding tert-OH is 1. The molecule has 2 fully saturated rings. The Labute approximate surface area is 212 Å². The van der Waals surface area contributed by atoms with Crippen molar-refractivity contribution in [2.24, 2.45) is 0 Å². The predicted molar refractivity (Wildman–Crippen MR) is 139 cm³/mol. The molecular weight excluding hydrogens is 450 g/mol. The first-order valence-electron chi connectivity index (χ1n) is 12.5. The van der Waals surface area contributed by atoms with Gasteiger partial charge in [0.1, 0.15) is 5.75 Å². The maximum atomic E-state index is 13.2. The van der Waals surface area contributed by atoms with Gasteiger partial charge in [0.15, 0.2) is 0 Å². The third-order valence-corrected chi connectivity index (χ3v) is 7.32. The maximum absolute atomic E-state index is 13.2. The number of hydrogen-bond donors (Lipinski definition) is 1. The number of amides is 1. The Bertz CT molecular complexity index is 1230. The molecule has 0 radical (unpaired) electrons. The number of nitrogens with zero attached hydrogens (tertiary/aromatic N) is 3. The van der Waals surface area contributed by atoms with Crippen molar-refractivity contribution in [1.82, 2.24) is 14.8 Å². The normalized spacial score (nSPS) is 21.7. The van der Waals surface area contributed by atoms with Gasteiger partial charge < -0.3 is 14.7 Å². The molecular formula is C30H31N3O3. The van der Waals surface area contributed by atoms with E-state index in [9.17, 15) is 9.90 Å². The minimum Gasteiger partial charge on any atom is -0.497 e. The highest BCUT2D eigenvalue weighted by Crippen LogP contribution is 2.42. The van der Waals surface area contributed by atoms with Crippen molar-refractivity contribution < 1.29 is 14.6 Å². The topological polar surface area (TPSA) is 65.9 Å². The van der Waals surface area contributed by atoms with Gasteiger partial charge in [-0.25, -0.2) is 0 Å². The van der Waals surface area contributed by atoms with Gasteiger partial charge in [0.05, 0.1) is 13.7 Å². The summed E-state index contributed by atoms with van der Waals surface area (Å²) >= 11 is 0. The van der Waals surface area contributed by atoms with Crippen LogP contribution in [-0.2, 0) is 0 Å². The molecule has 1 N–H and O–H groups in total. The molecule has 36 heavy (non-hydrogen) atoms. The van der Waals surface area contributed by atoms with Gasteiger partial charge in [-0.05, 0) is 73.5 Å². The molecule has 2 aliphatic heterocycles. The summed E-state index contributed by atoms with van der Waals surface area (Å²) in [5, 5.41) is 10.2. The first-order chi connectivity index (χ1) is 17.7. The first kappa shape index (κ1) is 24.1. The number of pyridine rings is 1. The van der Waals surface area contributed by atoms with Gasteiger partial charge in [-0.1, -0.05) is 24.0 Å². The van der Waals surface area contributed by atoms with Crippen molar-refractivity contribution >= 4 is 5.91 Å². The lowest BCUT2D eigenvalue weighted by atomic mass is 9.74. The van der Waals surface area contributed by atoms with Gasteiger partial charge in [0, 0.05) is 60.2 Å². The highest BCUT2D eigenvalue weighted by atomic mass is 16.5. The Hall–Kier alpha value is -3.66. The molecule has 0 aliphatic carbocycles. The second-order valence-electron chi connectivity index (χ2n) is 9.38. The molecule has 3 atom stereocenters. The largest absolute Gasteiger partial charge is 0.497 e. The molecule has 3 aromatic rings. The van der Waals surface area contributed by atoms with Crippen LogP contribution >= 0.6 is 0 Å². The van der Waals surface area contributed by atoms with Crippen molar-refractivity contribution in [3.8, 4) is 17.6 Å². The summed E-state index contributed by atoms with van der Waals surface area (Å²) in [5.41, 5.74) is 3.73. The van der Waals surface area contributed by atoms with Crippen LogP contribution in [0.2, 0.25) is 0 Å². The van der Waals surface area contributed by atoms with Crippen LogP contribution in [0.5, 0.6) is 5.75 Å². The summed E-state index contributed by atoms with van der Waals surface area (Å²) in [6.45, 7) is 2.47. The fourth-order valence-electron chi connectivity index (χ4n) is 5.41. The van der Waals surface area contributed by atoms with Crippen molar-refractivity contribution in [2.75, 3.05) is 33.4 Å². The molecule has 0 spiro atoms. The zero-order chi connectivity index (χ0) is 24.9. The van der Waals surface area contributed by atoms with Gasteiger partial charge in [-0.2, -0.15) is 0 Å². The van der Waals surface area contributed by atoms with E-state index in [4.69, 9.17) is 4.74 Å². The second kappa shape index (κ2) is 10.9. The molecule has 2 saturated heterocycles. The summed E-state index contributed by atoms with van der Waals surface area (Å²) in [6, 6.07) is 19.9. The third kappa shape index (κ3) is 4.99. The Morgan fingerprint density at radius 1 is 0.972 bits per heavy atom. The summed E-state index contributed by atoms with van der Waals surface area (Å²) < 4.78 is 5.20. The Kier molecular flexibility index (Phi) is 7.31. The van der Waals surface area contributed by atoms with Gasteiger partial charge in [0.2, 0.25) is 0 Å². The summed E-state index contributed by atoms with van der Waals surface area (Å²) in [6.07, 6.45) is 5.30. The number of carbonyl (C=O) groups is 1. The summed E-state index contributed by atoms with van der Waals surface area (Å²) in [7, 11) is 1.65. The zero-order valence-corrected chi connectivity index (χ0v) is 20.5. The molecule has 0 bridgehead atoms. The summed E-state index contributed by atoms with van der Waals surface area (Å²) in [5.74, 6) is 7.47. The van der Waals surface area contributed by atoms with Crippen LogP contribution in [0.15, 0.2) is 73.1 Å². The Morgan fingerprint density at radius 2 is 1.61 bits per heavy atom. The van der Waals surface area contributed by atoms with E-state index in [1.165, 1.54) is 5.56 Å². The SMILES string of the molecule is COc1ccc(C#Cc2ccc([C@@H]3[C@@H](CO)N4CCCCN(C(=O)c5ccncc5)C[C@@H]34)cc2)cc1. The molecule has 184 valence electrons. The van der Waals surface area contributed by atoms with E-state index in [0.717, 1.165) is 42.8 Å². The van der Waals surface area contributed by atoms with E-state index in [1.54, 1.807) is 31.6 Å². The quantitative estimate of drug-likeness (QED) is 0.578. The first-order valence-corrected chi connectivity index (χ1v) is 12.5. The minimum atomic E-state index is 0.0506. The Morgan fingerprint density at radius 3 is 2.25 bits per heavy atom. The monoisotopic (exact) mass is 481 g/mol. The van der Waals surface area contributed by atoms with Gasteiger partial charge in [-0.15, -0.1) is 0 Å². The van der Waals surface area contributed by atoms with Crippen LogP contribution in [0.1, 0.15) is 45.8 Å². The van der Waals surface area contributed by atoms with Gasteiger partial charge in [-0.3, -0.25) is 14.7 Å². The number of ether oxygens (including phenoxy) is 1. The predicted octanol–water partition coefficient (Wildman–Crippen LogP) is 3.55. The molecule has 1 amide bonds. The fourth-order valence-corrected chi connectivity index (χ4v) is 5.41. The highest BCUT2D eigenvalue weighted by molar-refractivity contribution is 5.94. The lowest BCUT2D eigenvalue weighted by Crippen LogP contribution is -2.67. The fraction of sp³-hybridized carbons (Fsp3) is 0.333. The molecule has 0 unspecified atom stereocenters. The molecule has 0 saturated carbocycles. The van der Waals surface area contributed by atoms with E-state index in [-0.39, 0.29) is 30.5 Å². The lowest BCUT2D eigenvalue weighted by molar-refractivity contribution is -0.0606. The van der Waals surface area contributed by atoms with Gasteiger partial charge >= 0.3 is 0 Å². The number of benzene rings is 2. The molecule has 6 nitrogen and oxygen atoms in total. The number of hydrogen-bond acceptors (Lipinski definition) is 5. The van der Waals surface area contributed by atoms with Crippen LogP contribution < -0.4 is 4.74 Å². The van der Waals surface area contributed by atoms with Crippen molar-refractivity contribution in [3.63, 3.8) is 0 Å². The second-order valence-corrected chi connectivity index (χ2v) is 9.38. The standard InChI is InChI=1S/C30H31N3O3/c1-36-26-12-8-23(9-13-26)5-4-22-6-10-24(11-7-22)29-27-20-32(30(35)25-14-16-31-17-15-25)18-2-3-19-33(27)28(29)21-34/h6-17,27-29,34H,2-3,18-21H2,1H3/t27-,28+,29-/m0/s1. The zero-order valence-electron chi connectivity index (χ0n) is 20.5. The van der Waals surface area contributed by atoms with Crippen LogP contribution in [0.25, 0.3) is 0 Å². The van der Waals surface area contributed by atoms with Crippen molar-refractivity contribution in [3.05, 3.63) is 95.3 Å². The number of carbonyl (C=O) groups excluding carboxylic acids is 1. The highest BCUT2D eigenvalue weighted by Gasteiger charge is 2.49. The minimum absolute atomic E-state index is 0.0506. The summed E-state index contributed by atoms with van der Waals surface area (Å²) in [4.78, 5) is 21.6. The van der Waals surface area contributed by atoms with Crippen LogP contribution in [0.3, 0.4) is 0 Å². The molecule has 2 aliphatic rings. The smallest absolute Gasteiger partial charge is 0.254 e. The number of methoxy groups -OCH3 is 1. The Balaban J connectivity index is 1.33. The van der Waals surface area contributed by atoms with E-state index < -0.39 is 0 Å². The third-order valence-electron chi connectivity index (χ3n) is 7.32. The molecule has 6 heteroatoms. The molecule has 5 rings (SSSR count). The van der Waals surface area contributed by atoms with Crippen LogP contribution in [0, 0.1) is 11.8 Å². The van der Waals surface area contributed by atoms with E-state index in [0.29, 0.717) is 12.1 Å². The van der Waals surface area contributed by atoms with E-state index in [2.05, 4.69) is 33.9 Å². The van der Waals surface area contributed by atoms with Crippen molar-refractivity contribution in [1.29, 1.82) is 0 Å². The number of fused-ring (bicyclic) bond motifs is 1. The maximum Gasteiger partial charge on any atom is 0.254 e.